The van der Waals surface area contributed by atoms with E-state index in [0.717, 1.165) is 37.6 Å². The van der Waals surface area contributed by atoms with Gasteiger partial charge in [-0.25, -0.2) is 4.98 Å². The number of aliphatic hydroxyl groups is 1. The number of halogens is 1. The molecule has 0 bridgehead atoms. The molecule has 9 nitrogen and oxygen atoms in total. The zero-order valence-corrected chi connectivity index (χ0v) is 19.6. The van der Waals surface area contributed by atoms with Crippen LogP contribution in [-0.4, -0.2) is 66.1 Å². The van der Waals surface area contributed by atoms with E-state index in [1.807, 2.05) is 0 Å². The first-order valence-electron chi connectivity index (χ1n) is 10.8. The van der Waals surface area contributed by atoms with Gasteiger partial charge in [0.15, 0.2) is 0 Å². The van der Waals surface area contributed by atoms with Gasteiger partial charge in [-0.05, 0) is 59.3 Å². The van der Waals surface area contributed by atoms with Crippen LogP contribution in [0.5, 0.6) is 0 Å². The summed E-state index contributed by atoms with van der Waals surface area (Å²) in [6.07, 6.45) is 5.79. The molecule has 2 aromatic rings. The Kier molecular flexibility index (Phi) is 6.75. The van der Waals surface area contributed by atoms with Crippen molar-refractivity contribution >= 4 is 40.3 Å². The number of anilines is 1. The van der Waals surface area contributed by atoms with Crippen molar-refractivity contribution in [2.24, 2.45) is 0 Å². The third-order valence-electron chi connectivity index (χ3n) is 6.14. The van der Waals surface area contributed by atoms with E-state index in [0.29, 0.717) is 18.0 Å². The molecule has 2 aromatic heterocycles. The lowest BCUT2D eigenvalue weighted by atomic mass is 9.98. The van der Waals surface area contributed by atoms with Crippen LogP contribution in [0.15, 0.2) is 18.3 Å². The van der Waals surface area contributed by atoms with Crippen molar-refractivity contribution in [3.8, 4) is 0 Å². The molecule has 4 rings (SSSR count). The molecule has 0 spiro atoms. The third-order valence-corrected chi connectivity index (χ3v) is 7.01. The zero-order valence-electron chi connectivity index (χ0n) is 18.0. The first-order chi connectivity index (χ1) is 15.2. The maximum Gasteiger partial charge on any atom is 0.383 e. The second-order valence-electron chi connectivity index (χ2n) is 8.73. The molecule has 2 aliphatic rings. The molecular weight excluding hydrogens is 452 g/mol. The minimum atomic E-state index is -1.27. The van der Waals surface area contributed by atoms with Gasteiger partial charge in [-0.15, -0.1) is 0 Å². The average molecular weight is 479 g/mol. The summed E-state index contributed by atoms with van der Waals surface area (Å²) in [6.45, 7) is 5.71. The Morgan fingerprint density at radius 2 is 2.03 bits per heavy atom. The van der Waals surface area contributed by atoms with E-state index in [-0.39, 0.29) is 17.6 Å². The lowest BCUT2D eigenvalue weighted by Crippen LogP contribution is -2.48. The van der Waals surface area contributed by atoms with Gasteiger partial charge in [-0.1, -0.05) is 18.3 Å². The molecular formula is C21H27ClN6O3S. The highest BCUT2D eigenvalue weighted by atomic mass is 35.5. The Hall–Kier alpha value is -2.14. The van der Waals surface area contributed by atoms with Crippen molar-refractivity contribution in [3.63, 3.8) is 0 Å². The van der Waals surface area contributed by atoms with Crippen molar-refractivity contribution in [2.75, 3.05) is 31.1 Å². The van der Waals surface area contributed by atoms with Crippen LogP contribution >= 0.6 is 23.8 Å². The van der Waals surface area contributed by atoms with Gasteiger partial charge in [-0.2, -0.15) is 0 Å². The van der Waals surface area contributed by atoms with Crippen molar-refractivity contribution in [1.82, 2.24) is 19.4 Å². The van der Waals surface area contributed by atoms with Gasteiger partial charge < -0.3 is 20.1 Å². The summed E-state index contributed by atoms with van der Waals surface area (Å²) in [5.74, 6) is 0.720. The van der Waals surface area contributed by atoms with Gasteiger partial charge in [0.25, 0.3) is 0 Å². The Morgan fingerprint density at radius 3 is 2.72 bits per heavy atom. The quantitative estimate of drug-likeness (QED) is 0.368. The van der Waals surface area contributed by atoms with Crippen LogP contribution in [0.1, 0.15) is 37.4 Å². The molecule has 0 saturated carbocycles. The Labute approximate surface area is 197 Å². The molecule has 0 aromatic carbocycles. The molecule has 172 valence electrons. The monoisotopic (exact) mass is 478 g/mol. The fraction of sp³-hybridized carbons (Fsp3) is 0.571. The summed E-state index contributed by atoms with van der Waals surface area (Å²) in [7, 11) is 0. The highest BCUT2D eigenvalue weighted by Crippen LogP contribution is 2.25. The van der Waals surface area contributed by atoms with E-state index in [2.05, 4.69) is 26.9 Å². The Bertz CT molecular complexity index is 1020. The summed E-state index contributed by atoms with van der Waals surface area (Å²) in [5.41, 5.74) is 1.03. The van der Waals surface area contributed by atoms with Crippen LogP contribution in [0.2, 0.25) is 5.28 Å². The number of fused-ring (bicyclic) bond motifs is 1. The maximum atomic E-state index is 11.0. The molecule has 0 radical (unpaired) electrons. The van der Waals surface area contributed by atoms with E-state index in [1.54, 1.807) is 6.92 Å². The van der Waals surface area contributed by atoms with Crippen molar-refractivity contribution < 1.29 is 10.0 Å². The molecule has 0 amide bonds. The van der Waals surface area contributed by atoms with Crippen LogP contribution in [0, 0.1) is 10.1 Å². The predicted molar refractivity (Wildman–Crippen MR) is 126 cm³/mol. The van der Waals surface area contributed by atoms with E-state index in [4.69, 9.17) is 28.8 Å². The van der Waals surface area contributed by atoms with Gasteiger partial charge in [0.05, 0.1) is 6.54 Å². The molecule has 11 heteroatoms. The number of nitrogens with zero attached hydrogens (tertiary/aromatic N) is 6. The first-order valence-corrected chi connectivity index (χ1v) is 11.6. The first kappa shape index (κ1) is 23.0. The fourth-order valence-electron chi connectivity index (χ4n) is 4.32. The van der Waals surface area contributed by atoms with E-state index < -0.39 is 10.5 Å². The molecule has 0 unspecified atom stereocenters. The summed E-state index contributed by atoms with van der Waals surface area (Å²) in [5, 5.41) is 21.9. The zero-order chi connectivity index (χ0) is 22.9. The van der Waals surface area contributed by atoms with Gasteiger partial charge in [0.2, 0.25) is 0 Å². The number of aromatic nitrogens is 3. The maximum absolute atomic E-state index is 11.0. The van der Waals surface area contributed by atoms with Crippen LogP contribution in [-0.2, 0) is 19.5 Å². The van der Waals surface area contributed by atoms with Crippen molar-refractivity contribution in [3.05, 3.63) is 45.0 Å². The number of thiocarbonyl (C=S) groups is 1. The number of nitro groups is 1. The normalized spacial score (nSPS) is 18.8. The molecule has 1 N–H and O–H groups in total. The molecule has 0 aliphatic carbocycles. The predicted octanol–water partition coefficient (Wildman–Crippen LogP) is 3.01. The van der Waals surface area contributed by atoms with Gasteiger partial charge in [0, 0.05) is 49.7 Å². The molecule has 4 heterocycles. The summed E-state index contributed by atoms with van der Waals surface area (Å²) in [4.78, 5) is 23.8. The van der Waals surface area contributed by atoms with Gasteiger partial charge >= 0.3 is 11.1 Å². The highest BCUT2D eigenvalue weighted by molar-refractivity contribution is 7.80. The number of pyridine rings is 1. The van der Waals surface area contributed by atoms with Crippen molar-refractivity contribution in [2.45, 2.75) is 51.3 Å². The number of piperidine rings is 1. The number of imidazole rings is 1. The highest BCUT2D eigenvalue weighted by Gasteiger charge is 2.32. The fourth-order valence-corrected chi connectivity index (χ4v) is 4.72. The summed E-state index contributed by atoms with van der Waals surface area (Å²) >= 11 is 11.5. The number of hydrogen-bond acceptors (Lipinski definition) is 8. The molecule has 1 atom stereocenters. The molecule has 1 fully saturated rings. The van der Waals surface area contributed by atoms with Crippen LogP contribution < -0.4 is 4.90 Å². The standard InChI is InChI=1S/C21H27ClN6O3S/c1-21(29,17(32)12-27-13-19(28(30)31)24-20(27)22)14-25-10-7-16-15(11-25)5-6-18(23-16)26-8-3-2-4-9-26/h5-6,13,29H,2-4,7-12,14H2,1H3/t21-/m0/s1. The Balaban J connectivity index is 1.39. The van der Waals surface area contributed by atoms with Crippen LogP contribution in [0.4, 0.5) is 11.6 Å². The topological polar surface area (TPSA) is 101 Å². The number of β-amino-alcohol motifs (C(OH)–C–C–N with tert-alkyl or cyclic N) is 1. The molecule has 1 saturated heterocycles. The smallest absolute Gasteiger partial charge is 0.383 e. The molecule has 2 aliphatic heterocycles. The van der Waals surface area contributed by atoms with Crippen LogP contribution in [0.25, 0.3) is 0 Å². The second kappa shape index (κ2) is 9.38. The third kappa shape index (κ3) is 5.09. The van der Waals surface area contributed by atoms with E-state index in [1.165, 1.54) is 35.6 Å². The number of hydrogen-bond donors (Lipinski definition) is 1. The van der Waals surface area contributed by atoms with Gasteiger partial charge in [-0.3, -0.25) is 9.47 Å². The Morgan fingerprint density at radius 1 is 1.28 bits per heavy atom. The number of rotatable bonds is 7. The lowest BCUT2D eigenvalue weighted by molar-refractivity contribution is -0.389. The van der Waals surface area contributed by atoms with Crippen molar-refractivity contribution in [1.29, 1.82) is 0 Å². The SMILES string of the molecule is C[C@](O)(CN1CCc2nc(N3CCCCC3)ccc2C1)C(=S)Cn1cc([N+](=O)[O-])nc1Cl. The minimum absolute atomic E-state index is 0.0302. The average Bonchev–Trinajstić information content (AvgIpc) is 3.14. The van der Waals surface area contributed by atoms with Crippen LogP contribution in [0.3, 0.4) is 0 Å². The summed E-state index contributed by atoms with van der Waals surface area (Å²) < 4.78 is 1.38. The van der Waals surface area contributed by atoms with Gasteiger partial charge in [0.1, 0.15) is 17.6 Å². The second-order valence-corrected chi connectivity index (χ2v) is 9.56. The largest absolute Gasteiger partial charge is 0.384 e. The molecule has 32 heavy (non-hydrogen) atoms. The van der Waals surface area contributed by atoms with E-state index >= 15 is 0 Å². The minimum Gasteiger partial charge on any atom is -0.384 e. The lowest BCUT2D eigenvalue weighted by Gasteiger charge is -2.35. The summed E-state index contributed by atoms with van der Waals surface area (Å²) in [6, 6.07) is 4.25. The van der Waals surface area contributed by atoms with E-state index in [9.17, 15) is 15.2 Å².